The first-order valence-electron chi connectivity index (χ1n) is 9.66. The molecule has 4 aromatic rings. The van der Waals surface area contributed by atoms with Crippen LogP contribution < -0.4 is 10.2 Å². The molecule has 0 spiro atoms. The number of fused-ring (bicyclic) bond motifs is 1. The molecule has 0 aliphatic rings. The van der Waals surface area contributed by atoms with Crippen molar-refractivity contribution in [2.45, 2.75) is 23.6 Å². The van der Waals surface area contributed by atoms with Gasteiger partial charge in [-0.2, -0.15) is 19.6 Å². The molecule has 0 bridgehead atoms. The predicted molar refractivity (Wildman–Crippen MR) is 116 cm³/mol. The highest BCUT2D eigenvalue weighted by Gasteiger charge is 2.17. The Kier molecular flexibility index (Phi) is 5.37. The topological polar surface area (TPSA) is 92.5 Å². The fraction of sp³-hybridized carbons (Fsp3) is 0.190. The van der Waals surface area contributed by atoms with Crippen LogP contribution in [0.15, 0.2) is 76.8 Å². The molecule has 9 heteroatoms. The van der Waals surface area contributed by atoms with Crippen molar-refractivity contribution in [1.29, 1.82) is 0 Å². The molecule has 154 valence electrons. The van der Waals surface area contributed by atoms with Gasteiger partial charge in [0.25, 0.3) is 5.78 Å². The Labute approximate surface area is 175 Å². The zero-order valence-electron chi connectivity index (χ0n) is 16.7. The Morgan fingerprint density at radius 1 is 0.967 bits per heavy atom. The highest BCUT2D eigenvalue weighted by molar-refractivity contribution is 7.91. The van der Waals surface area contributed by atoms with Gasteiger partial charge in [-0.15, -0.1) is 0 Å². The van der Waals surface area contributed by atoms with Gasteiger partial charge in [0.15, 0.2) is 0 Å². The van der Waals surface area contributed by atoms with E-state index in [9.17, 15) is 8.42 Å². The van der Waals surface area contributed by atoms with E-state index in [0.29, 0.717) is 11.6 Å². The van der Waals surface area contributed by atoms with E-state index in [4.69, 9.17) is 0 Å². The van der Waals surface area contributed by atoms with E-state index < -0.39 is 9.84 Å². The molecule has 0 saturated carbocycles. The van der Waals surface area contributed by atoms with Crippen LogP contribution in [0.5, 0.6) is 0 Å². The van der Waals surface area contributed by atoms with Gasteiger partial charge in [-0.1, -0.05) is 18.2 Å². The lowest BCUT2D eigenvalue weighted by atomic mass is 10.3. The molecule has 2 aromatic carbocycles. The smallest absolute Gasteiger partial charge is 0.256 e. The second kappa shape index (κ2) is 8.11. The first-order chi connectivity index (χ1) is 14.5. The van der Waals surface area contributed by atoms with Gasteiger partial charge >= 0.3 is 0 Å². The zero-order valence-corrected chi connectivity index (χ0v) is 17.5. The Morgan fingerprint density at radius 3 is 2.30 bits per heavy atom. The molecule has 0 saturated heterocycles. The quantitative estimate of drug-likeness (QED) is 0.487. The van der Waals surface area contributed by atoms with Crippen LogP contribution in [0.4, 0.5) is 17.3 Å². The third-order valence-corrected chi connectivity index (χ3v) is 6.60. The molecule has 0 radical (unpaired) electrons. The van der Waals surface area contributed by atoms with E-state index in [2.05, 4.69) is 39.1 Å². The van der Waals surface area contributed by atoms with E-state index >= 15 is 0 Å². The van der Waals surface area contributed by atoms with Crippen LogP contribution >= 0.6 is 0 Å². The van der Waals surface area contributed by atoms with E-state index in [1.165, 1.54) is 6.33 Å². The largest absolute Gasteiger partial charge is 0.357 e. The van der Waals surface area contributed by atoms with Crippen LogP contribution in [0.25, 0.3) is 5.78 Å². The SMILES string of the molecule is CCN(CC)c1cc(Nc2ccc(S(=O)(=O)c3ccccc3)cc2)n2ncnc2n1. The molecule has 0 fully saturated rings. The summed E-state index contributed by atoms with van der Waals surface area (Å²) in [4.78, 5) is 11.4. The molecular formula is C21H22N6O2S. The van der Waals surface area contributed by atoms with Crippen molar-refractivity contribution in [1.82, 2.24) is 19.6 Å². The zero-order chi connectivity index (χ0) is 21.1. The minimum Gasteiger partial charge on any atom is -0.357 e. The molecule has 0 aliphatic heterocycles. The fourth-order valence-electron chi connectivity index (χ4n) is 3.20. The molecule has 0 amide bonds. The lowest BCUT2D eigenvalue weighted by Crippen LogP contribution is -2.23. The Bertz CT molecular complexity index is 1250. The van der Waals surface area contributed by atoms with Crippen molar-refractivity contribution in [3.63, 3.8) is 0 Å². The third-order valence-electron chi connectivity index (χ3n) is 4.82. The molecular weight excluding hydrogens is 400 g/mol. The molecule has 8 nitrogen and oxygen atoms in total. The summed E-state index contributed by atoms with van der Waals surface area (Å²) in [6.45, 7) is 5.77. The van der Waals surface area contributed by atoms with E-state index in [1.54, 1.807) is 59.1 Å². The van der Waals surface area contributed by atoms with Gasteiger partial charge in [-0.05, 0) is 50.2 Å². The van der Waals surface area contributed by atoms with Crippen molar-refractivity contribution in [2.24, 2.45) is 0 Å². The van der Waals surface area contributed by atoms with Gasteiger partial charge in [-0.3, -0.25) is 0 Å². The number of anilines is 3. The Balaban J connectivity index is 1.65. The van der Waals surface area contributed by atoms with Crippen LogP contribution in [-0.2, 0) is 9.84 Å². The summed E-state index contributed by atoms with van der Waals surface area (Å²) in [7, 11) is -3.55. The molecule has 2 aromatic heterocycles. The summed E-state index contributed by atoms with van der Waals surface area (Å²) in [5, 5.41) is 7.52. The number of hydrogen-bond donors (Lipinski definition) is 1. The number of nitrogens with zero attached hydrogens (tertiary/aromatic N) is 5. The molecule has 0 atom stereocenters. The summed E-state index contributed by atoms with van der Waals surface area (Å²) in [5.74, 6) is 1.98. The first-order valence-corrected chi connectivity index (χ1v) is 11.1. The van der Waals surface area contributed by atoms with Crippen molar-refractivity contribution >= 4 is 32.9 Å². The lowest BCUT2D eigenvalue weighted by Gasteiger charge is -2.20. The van der Waals surface area contributed by atoms with Gasteiger partial charge in [0.05, 0.1) is 9.79 Å². The highest BCUT2D eigenvalue weighted by Crippen LogP contribution is 2.25. The van der Waals surface area contributed by atoms with Crippen LogP contribution in [0.2, 0.25) is 0 Å². The Morgan fingerprint density at radius 2 is 1.63 bits per heavy atom. The first kappa shape index (κ1) is 19.8. The monoisotopic (exact) mass is 422 g/mol. The van der Waals surface area contributed by atoms with Gasteiger partial charge in [-0.25, -0.2) is 8.42 Å². The van der Waals surface area contributed by atoms with E-state index in [0.717, 1.165) is 24.6 Å². The lowest BCUT2D eigenvalue weighted by molar-refractivity contribution is 0.596. The van der Waals surface area contributed by atoms with Crippen LogP contribution in [0.3, 0.4) is 0 Å². The molecule has 2 heterocycles. The summed E-state index contributed by atoms with van der Waals surface area (Å²) in [5.41, 5.74) is 0.732. The van der Waals surface area contributed by atoms with Gasteiger partial charge in [0.1, 0.15) is 18.0 Å². The number of aromatic nitrogens is 4. The Hall–Kier alpha value is -3.46. The molecule has 0 aliphatic carbocycles. The number of sulfone groups is 1. The average Bonchev–Trinajstić information content (AvgIpc) is 3.25. The van der Waals surface area contributed by atoms with E-state index in [1.807, 2.05) is 6.07 Å². The summed E-state index contributed by atoms with van der Waals surface area (Å²) < 4.78 is 27.2. The summed E-state index contributed by atoms with van der Waals surface area (Å²) in [6, 6.07) is 17.0. The van der Waals surface area contributed by atoms with Crippen molar-refractivity contribution in [3.05, 3.63) is 67.0 Å². The number of rotatable bonds is 7. The summed E-state index contributed by atoms with van der Waals surface area (Å²) >= 11 is 0. The van der Waals surface area contributed by atoms with E-state index in [-0.39, 0.29) is 9.79 Å². The third kappa shape index (κ3) is 3.71. The second-order valence-corrected chi connectivity index (χ2v) is 8.56. The van der Waals surface area contributed by atoms with Crippen LogP contribution in [-0.4, -0.2) is 41.1 Å². The highest BCUT2D eigenvalue weighted by atomic mass is 32.2. The average molecular weight is 423 g/mol. The summed E-state index contributed by atoms with van der Waals surface area (Å²) in [6.07, 6.45) is 1.45. The maximum absolute atomic E-state index is 12.8. The fourth-order valence-corrected chi connectivity index (χ4v) is 4.48. The molecule has 4 rings (SSSR count). The predicted octanol–water partition coefficient (Wildman–Crippen LogP) is 3.55. The van der Waals surface area contributed by atoms with Gasteiger partial charge in [0.2, 0.25) is 9.84 Å². The standard InChI is InChI=1S/C21H22N6O2S/c1-3-26(4-2)19-14-20(27-21(25-19)22-15-23-27)24-16-10-12-18(13-11-16)30(28,29)17-8-6-5-7-9-17/h5-15,24H,3-4H2,1-2H3. The molecule has 1 N–H and O–H groups in total. The minimum atomic E-state index is -3.55. The van der Waals surface area contributed by atoms with Crippen molar-refractivity contribution < 1.29 is 8.42 Å². The molecule has 30 heavy (non-hydrogen) atoms. The van der Waals surface area contributed by atoms with Crippen LogP contribution in [0, 0.1) is 0 Å². The number of nitrogens with one attached hydrogen (secondary N) is 1. The number of hydrogen-bond acceptors (Lipinski definition) is 7. The minimum absolute atomic E-state index is 0.240. The van der Waals surface area contributed by atoms with Gasteiger partial charge < -0.3 is 10.2 Å². The number of benzene rings is 2. The second-order valence-electron chi connectivity index (χ2n) is 6.61. The normalized spacial score (nSPS) is 11.5. The molecule has 0 unspecified atom stereocenters. The van der Waals surface area contributed by atoms with Crippen molar-refractivity contribution in [2.75, 3.05) is 23.3 Å². The van der Waals surface area contributed by atoms with Crippen LogP contribution in [0.1, 0.15) is 13.8 Å². The maximum atomic E-state index is 12.8. The van der Waals surface area contributed by atoms with Gasteiger partial charge in [0, 0.05) is 24.8 Å². The maximum Gasteiger partial charge on any atom is 0.256 e. The van der Waals surface area contributed by atoms with Crippen molar-refractivity contribution in [3.8, 4) is 0 Å².